The molecule has 0 radical (unpaired) electrons. The van der Waals surface area contributed by atoms with Crippen molar-refractivity contribution in [2.24, 2.45) is 0 Å². The second-order valence-electron chi connectivity index (χ2n) is 5.59. The largest absolute Gasteiger partial charge is 0.508 e. The van der Waals surface area contributed by atoms with E-state index in [0.717, 1.165) is 17.8 Å². The molecule has 0 spiro atoms. The molecule has 3 N–H and O–H groups in total. The molecule has 0 heterocycles. The standard InChI is InChI=1S/C17H22N2O2/c1-12(14-8-16(20)10-17(21)9-14)18-15-6-4-5-13(7-15)11-19(2)3/h4-10,12,18,20-21H,11H2,1-3H3. The molecule has 1 atom stereocenters. The maximum atomic E-state index is 9.56. The van der Waals surface area contributed by atoms with Gasteiger partial charge in [-0.2, -0.15) is 0 Å². The smallest absolute Gasteiger partial charge is 0.119 e. The molecule has 1 unspecified atom stereocenters. The van der Waals surface area contributed by atoms with Crippen LogP contribution < -0.4 is 5.32 Å². The first-order valence-electron chi connectivity index (χ1n) is 6.97. The number of anilines is 1. The molecule has 21 heavy (non-hydrogen) atoms. The Balaban J connectivity index is 2.13. The fourth-order valence-electron chi connectivity index (χ4n) is 2.33. The van der Waals surface area contributed by atoms with Crippen molar-refractivity contribution in [2.45, 2.75) is 19.5 Å². The molecule has 0 bridgehead atoms. The van der Waals surface area contributed by atoms with Crippen LogP contribution in [0.4, 0.5) is 5.69 Å². The zero-order valence-electron chi connectivity index (χ0n) is 12.7. The van der Waals surface area contributed by atoms with Gasteiger partial charge in [-0.05, 0) is 56.4 Å². The van der Waals surface area contributed by atoms with Crippen LogP contribution in [0.25, 0.3) is 0 Å². The SMILES string of the molecule is CC(Nc1cccc(CN(C)C)c1)c1cc(O)cc(O)c1. The van der Waals surface area contributed by atoms with E-state index >= 15 is 0 Å². The maximum absolute atomic E-state index is 9.56. The van der Waals surface area contributed by atoms with Crippen molar-refractivity contribution in [3.63, 3.8) is 0 Å². The van der Waals surface area contributed by atoms with Crippen LogP contribution in [0.15, 0.2) is 42.5 Å². The summed E-state index contributed by atoms with van der Waals surface area (Å²) >= 11 is 0. The van der Waals surface area contributed by atoms with Crippen LogP contribution in [-0.4, -0.2) is 29.2 Å². The summed E-state index contributed by atoms with van der Waals surface area (Å²) in [6.45, 7) is 2.88. The number of rotatable bonds is 5. The number of nitrogens with zero attached hydrogens (tertiary/aromatic N) is 1. The molecule has 0 aromatic heterocycles. The third-order valence-electron chi connectivity index (χ3n) is 3.23. The molecule has 0 aliphatic heterocycles. The fraction of sp³-hybridized carbons (Fsp3) is 0.294. The Morgan fingerprint density at radius 1 is 1.05 bits per heavy atom. The van der Waals surface area contributed by atoms with Crippen LogP contribution in [-0.2, 0) is 6.54 Å². The second kappa shape index (κ2) is 6.50. The Morgan fingerprint density at radius 3 is 2.33 bits per heavy atom. The van der Waals surface area contributed by atoms with E-state index in [9.17, 15) is 10.2 Å². The molecule has 0 saturated carbocycles. The fourth-order valence-corrected chi connectivity index (χ4v) is 2.33. The lowest BCUT2D eigenvalue weighted by atomic mass is 10.1. The quantitative estimate of drug-likeness (QED) is 0.789. The summed E-state index contributed by atoms with van der Waals surface area (Å²) in [4.78, 5) is 2.12. The zero-order chi connectivity index (χ0) is 15.4. The van der Waals surface area contributed by atoms with Gasteiger partial charge in [-0.1, -0.05) is 12.1 Å². The number of hydrogen-bond donors (Lipinski definition) is 3. The molecule has 2 rings (SSSR count). The van der Waals surface area contributed by atoms with Crippen LogP contribution >= 0.6 is 0 Å². The monoisotopic (exact) mass is 286 g/mol. The normalized spacial score (nSPS) is 12.4. The van der Waals surface area contributed by atoms with E-state index in [-0.39, 0.29) is 17.5 Å². The lowest BCUT2D eigenvalue weighted by Gasteiger charge is -2.18. The van der Waals surface area contributed by atoms with Crippen molar-refractivity contribution in [3.8, 4) is 11.5 Å². The minimum atomic E-state index is -0.0161. The molecular weight excluding hydrogens is 264 g/mol. The van der Waals surface area contributed by atoms with Gasteiger partial charge in [-0.15, -0.1) is 0 Å². The highest BCUT2D eigenvalue weighted by atomic mass is 16.3. The Labute approximate surface area is 125 Å². The van der Waals surface area contributed by atoms with Gasteiger partial charge in [0, 0.05) is 24.3 Å². The van der Waals surface area contributed by atoms with Crippen molar-refractivity contribution in [2.75, 3.05) is 19.4 Å². The molecule has 4 nitrogen and oxygen atoms in total. The third-order valence-corrected chi connectivity index (χ3v) is 3.23. The van der Waals surface area contributed by atoms with Crippen molar-refractivity contribution in [1.82, 2.24) is 4.90 Å². The van der Waals surface area contributed by atoms with Crippen molar-refractivity contribution < 1.29 is 10.2 Å². The van der Waals surface area contributed by atoms with Crippen LogP contribution in [0.2, 0.25) is 0 Å². The van der Waals surface area contributed by atoms with Gasteiger partial charge in [-0.25, -0.2) is 0 Å². The Bertz CT molecular complexity index is 591. The van der Waals surface area contributed by atoms with Crippen LogP contribution in [0.3, 0.4) is 0 Å². The minimum absolute atomic E-state index is 0.0161. The first-order valence-corrected chi connectivity index (χ1v) is 6.97. The van der Waals surface area contributed by atoms with Gasteiger partial charge < -0.3 is 20.4 Å². The van der Waals surface area contributed by atoms with Gasteiger partial charge in [0.1, 0.15) is 11.5 Å². The second-order valence-corrected chi connectivity index (χ2v) is 5.59. The van der Waals surface area contributed by atoms with Gasteiger partial charge >= 0.3 is 0 Å². The number of hydrogen-bond acceptors (Lipinski definition) is 4. The third kappa shape index (κ3) is 4.39. The Kier molecular flexibility index (Phi) is 4.70. The lowest BCUT2D eigenvalue weighted by molar-refractivity contribution is 0.402. The van der Waals surface area contributed by atoms with Crippen molar-refractivity contribution in [3.05, 3.63) is 53.6 Å². The molecule has 0 fully saturated rings. The van der Waals surface area contributed by atoms with E-state index in [1.165, 1.54) is 11.6 Å². The Morgan fingerprint density at radius 2 is 1.71 bits per heavy atom. The Hall–Kier alpha value is -2.20. The van der Waals surface area contributed by atoms with Gasteiger partial charge in [0.15, 0.2) is 0 Å². The molecular formula is C17H22N2O2. The summed E-state index contributed by atoms with van der Waals surface area (Å²) in [5, 5.41) is 22.5. The molecule has 4 heteroatoms. The topological polar surface area (TPSA) is 55.7 Å². The molecule has 2 aromatic carbocycles. The highest BCUT2D eigenvalue weighted by Gasteiger charge is 2.08. The summed E-state index contributed by atoms with van der Waals surface area (Å²) in [6.07, 6.45) is 0. The first kappa shape index (κ1) is 15.2. The van der Waals surface area contributed by atoms with E-state index in [1.54, 1.807) is 12.1 Å². The maximum Gasteiger partial charge on any atom is 0.119 e. The minimum Gasteiger partial charge on any atom is -0.508 e. The highest BCUT2D eigenvalue weighted by Crippen LogP contribution is 2.27. The predicted octanol–water partition coefficient (Wildman–Crippen LogP) is 3.33. The van der Waals surface area contributed by atoms with Crippen LogP contribution in [0.1, 0.15) is 24.1 Å². The average Bonchev–Trinajstić information content (AvgIpc) is 2.37. The van der Waals surface area contributed by atoms with Crippen molar-refractivity contribution >= 4 is 5.69 Å². The number of nitrogens with one attached hydrogen (secondary N) is 1. The number of aromatic hydroxyl groups is 2. The van der Waals surface area contributed by atoms with E-state index in [2.05, 4.69) is 22.3 Å². The highest BCUT2D eigenvalue weighted by molar-refractivity contribution is 5.49. The van der Waals surface area contributed by atoms with Gasteiger partial charge in [0.25, 0.3) is 0 Å². The van der Waals surface area contributed by atoms with Crippen LogP contribution in [0.5, 0.6) is 11.5 Å². The van der Waals surface area contributed by atoms with Crippen LogP contribution in [0, 0.1) is 0 Å². The van der Waals surface area contributed by atoms with Gasteiger partial charge in [0.05, 0.1) is 0 Å². The summed E-state index contributed by atoms with van der Waals surface area (Å²) in [5.41, 5.74) is 3.09. The number of phenolic OH excluding ortho intramolecular Hbond substituents is 2. The van der Waals surface area contributed by atoms with E-state index in [0.29, 0.717) is 0 Å². The van der Waals surface area contributed by atoms with E-state index in [1.807, 2.05) is 33.2 Å². The molecule has 0 aliphatic rings. The molecule has 112 valence electrons. The first-order chi connectivity index (χ1) is 9.94. The predicted molar refractivity (Wildman–Crippen MR) is 85.6 cm³/mol. The van der Waals surface area contributed by atoms with Gasteiger partial charge in [0.2, 0.25) is 0 Å². The summed E-state index contributed by atoms with van der Waals surface area (Å²) in [6, 6.07) is 12.9. The number of benzene rings is 2. The summed E-state index contributed by atoms with van der Waals surface area (Å²) in [5.74, 6) is 0.139. The lowest BCUT2D eigenvalue weighted by Crippen LogP contribution is -2.11. The molecule has 0 amide bonds. The summed E-state index contributed by atoms with van der Waals surface area (Å²) < 4.78 is 0. The molecule has 0 aliphatic carbocycles. The van der Waals surface area contributed by atoms with Gasteiger partial charge in [-0.3, -0.25) is 0 Å². The van der Waals surface area contributed by atoms with E-state index < -0.39 is 0 Å². The molecule has 0 saturated heterocycles. The molecule has 2 aromatic rings. The summed E-state index contributed by atoms with van der Waals surface area (Å²) in [7, 11) is 4.08. The zero-order valence-corrected chi connectivity index (χ0v) is 12.7. The van der Waals surface area contributed by atoms with Crippen molar-refractivity contribution in [1.29, 1.82) is 0 Å². The number of phenols is 2. The average molecular weight is 286 g/mol. The van der Waals surface area contributed by atoms with E-state index in [4.69, 9.17) is 0 Å².